The van der Waals surface area contributed by atoms with Gasteiger partial charge in [0.1, 0.15) is 0 Å². The molecule has 0 bridgehead atoms. The summed E-state index contributed by atoms with van der Waals surface area (Å²) < 4.78 is 1.17. The van der Waals surface area contributed by atoms with Crippen molar-refractivity contribution in [3.8, 4) is 0 Å². The van der Waals surface area contributed by atoms with Gasteiger partial charge in [0.25, 0.3) is 0 Å². The van der Waals surface area contributed by atoms with Crippen LogP contribution in [-0.2, 0) is 6.42 Å². The zero-order chi connectivity index (χ0) is 8.97. The van der Waals surface area contributed by atoms with Gasteiger partial charge in [0, 0.05) is 11.5 Å². The molecule has 0 spiro atoms. The lowest BCUT2D eigenvalue weighted by molar-refractivity contribution is 0.222. The van der Waals surface area contributed by atoms with E-state index in [1.165, 1.54) is 8.66 Å². The maximum Gasteiger partial charge on any atom is 0.0701 e. The first-order valence-corrected chi connectivity index (χ1v) is 5.72. The quantitative estimate of drug-likeness (QED) is 0.869. The Hall–Kier alpha value is 0.140. The highest BCUT2D eigenvalue weighted by atomic mass is 79.9. The smallest absolute Gasteiger partial charge is 0.0701 e. The van der Waals surface area contributed by atoms with Gasteiger partial charge in [-0.2, -0.15) is 0 Å². The molecule has 0 aliphatic carbocycles. The Bertz CT molecular complexity index is 230. The summed E-state index contributed by atoms with van der Waals surface area (Å²) in [4.78, 5) is 1.35. The van der Waals surface area contributed by atoms with E-state index in [0.29, 0.717) is 12.5 Å². The van der Waals surface area contributed by atoms with Gasteiger partial charge in [-0.1, -0.05) is 13.3 Å². The van der Waals surface area contributed by atoms with Crippen LogP contribution in [0.5, 0.6) is 0 Å². The number of halogens is 1. The fraction of sp³-hybridized carbons (Fsp3) is 0.556. The van der Waals surface area contributed by atoms with E-state index in [1.807, 2.05) is 0 Å². The highest BCUT2D eigenvalue weighted by Gasteiger charge is 2.07. The maximum atomic E-state index is 8.99. The first kappa shape index (κ1) is 10.2. The summed E-state index contributed by atoms with van der Waals surface area (Å²) in [6.07, 6.45) is 2.05. The molecule has 0 aliphatic heterocycles. The van der Waals surface area contributed by atoms with Crippen molar-refractivity contribution in [1.29, 1.82) is 0 Å². The van der Waals surface area contributed by atoms with Crippen LogP contribution in [0.15, 0.2) is 15.9 Å². The molecule has 68 valence electrons. The molecule has 1 aromatic heterocycles. The van der Waals surface area contributed by atoms with Crippen LogP contribution in [-0.4, -0.2) is 11.7 Å². The summed E-state index contributed by atoms with van der Waals surface area (Å²) >= 11 is 5.17. The predicted octanol–water partition coefficient (Wildman–Crippen LogP) is 3.07. The molecule has 0 aliphatic rings. The van der Waals surface area contributed by atoms with Crippen LogP contribution in [0.3, 0.4) is 0 Å². The van der Waals surface area contributed by atoms with Crippen molar-refractivity contribution in [3.63, 3.8) is 0 Å². The molecule has 0 radical (unpaired) electrons. The molecule has 12 heavy (non-hydrogen) atoms. The number of aliphatic hydroxyl groups is 1. The number of aliphatic hydroxyl groups excluding tert-OH is 1. The molecule has 1 N–H and O–H groups in total. The highest BCUT2D eigenvalue weighted by Crippen LogP contribution is 2.24. The molecule has 0 saturated heterocycles. The largest absolute Gasteiger partial charge is 0.396 e. The van der Waals surface area contributed by atoms with Crippen molar-refractivity contribution in [2.45, 2.75) is 19.8 Å². The molecule has 1 aromatic rings. The van der Waals surface area contributed by atoms with Crippen LogP contribution >= 0.6 is 27.3 Å². The van der Waals surface area contributed by atoms with Gasteiger partial charge in [0.2, 0.25) is 0 Å². The molecule has 1 atom stereocenters. The third-order valence-corrected chi connectivity index (χ3v) is 3.60. The van der Waals surface area contributed by atoms with Crippen molar-refractivity contribution >= 4 is 27.3 Å². The maximum absolute atomic E-state index is 8.99. The van der Waals surface area contributed by atoms with E-state index in [1.54, 1.807) is 11.3 Å². The summed E-state index contributed by atoms with van der Waals surface area (Å²) in [5.41, 5.74) is 0. The predicted molar refractivity (Wildman–Crippen MR) is 56.6 cm³/mol. The Balaban J connectivity index is 2.50. The topological polar surface area (TPSA) is 20.2 Å². The molecule has 0 saturated carbocycles. The first-order valence-electron chi connectivity index (χ1n) is 4.11. The van der Waals surface area contributed by atoms with Gasteiger partial charge in [-0.05, 0) is 40.4 Å². The summed E-state index contributed by atoms with van der Waals surface area (Å²) in [5.74, 6) is 0.426. The van der Waals surface area contributed by atoms with Crippen LogP contribution in [0.4, 0.5) is 0 Å². The van der Waals surface area contributed by atoms with E-state index in [0.717, 1.165) is 12.8 Å². The van der Waals surface area contributed by atoms with Gasteiger partial charge in [-0.15, -0.1) is 11.3 Å². The van der Waals surface area contributed by atoms with Crippen LogP contribution in [0.1, 0.15) is 18.2 Å². The summed E-state index contributed by atoms with van der Waals surface area (Å²) in [6, 6.07) is 4.18. The first-order chi connectivity index (χ1) is 5.76. The minimum Gasteiger partial charge on any atom is -0.396 e. The van der Waals surface area contributed by atoms with E-state index in [-0.39, 0.29) is 0 Å². The molecule has 1 heterocycles. The number of rotatable bonds is 4. The third kappa shape index (κ3) is 2.88. The van der Waals surface area contributed by atoms with Gasteiger partial charge in [-0.3, -0.25) is 0 Å². The lowest BCUT2D eigenvalue weighted by atomic mass is 10.0. The summed E-state index contributed by atoms with van der Waals surface area (Å²) in [5, 5.41) is 8.99. The Morgan fingerprint density at radius 2 is 2.33 bits per heavy atom. The van der Waals surface area contributed by atoms with Gasteiger partial charge in [0.05, 0.1) is 3.79 Å². The molecule has 3 heteroatoms. The lowest BCUT2D eigenvalue weighted by Crippen LogP contribution is -2.06. The second kappa shape index (κ2) is 5.00. The van der Waals surface area contributed by atoms with Gasteiger partial charge in [-0.25, -0.2) is 0 Å². The molecular formula is C9H13BrOS. The second-order valence-corrected chi connectivity index (χ2v) is 5.41. The van der Waals surface area contributed by atoms with Crippen molar-refractivity contribution in [1.82, 2.24) is 0 Å². The standard InChI is InChI=1S/C9H13BrOS/c1-2-7(6-11)5-8-3-4-9(10)12-8/h3-4,7,11H,2,5-6H2,1H3. The molecule has 0 aromatic carbocycles. The summed E-state index contributed by atoms with van der Waals surface area (Å²) in [7, 11) is 0. The Kier molecular flexibility index (Phi) is 4.26. The minimum atomic E-state index is 0.298. The Labute approximate surface area is 85.6 Å². The second-order valence-electron chi connectivity index (χ2n) is 2.87. The average molecular weight is 249 g/mol. The number of thiophene rings is 1. The molecule has 1 unspecified atom stereocenters. The molecule has 1 rings (SSSR count). The Morgan fingerprint density at radius 1 is 1.58 bits per heavy atom. The SMILES string of the molecule is CCC(CO)Cc1ccc(Br)s1. The molecule has 0 fully saturated rings. The Morgan fingerprint density at radius 3 is 2.75 bits per heavy atom. The highest BCUT2D eigenvalue weighted by molar-refractivity contribution is 9.11. The van der Waals surface area contributed by atoms with E-state index >= 15 is 0 Å². The molecule has 1 nitrogen and oxygen atoms in total. The normalized spacial score (nSPS) is 13.2. The van der Waals surface area contributed by atoms with Crippen LogP contribution < -0.4 is 0 Å². The van der Waals surface area contributed by atoms with Crippen LogP contribution in [0.25, 0.3) is 0 Å². The summed E-state index contributed by atoms with van der Waals surface area (Å²) in [6.45, 7) is 2.41. The van der Waals surface area contributed by atoms with Crippen LogP contribution in [0.2, 0.25) is 0 Å². The number of hydrogen-bond donors (Lipinski definition) is 1. The van der Waals surface area contributed by atoms with Crippen molar-refractivity contribution < 1.29 is 5.11 Å². The van der Waals surface area contributed by atoms with Crippen LogP contribution in [0, 0.1) is 5.92 Å². The third-order valence-electron chi connectivity index (χ3n) is 1.95. The van der Waals surface area contributed by atoms with Crippen molar-refractivity contribution in [2.75, 3.05) is 6.61 Å². The number of hydrogen-bond acceptors (Lipinski definition) is 2. The van der Waals surface area contributed by atoms with Crippen molar-refractivity contribution in [3.05, 3.63) is 20.8 Å². The lowest BCUT2D eigenvalue weighted by Gasteiger charge is -2.08. The minimum absolute atomic E-state index is 0.298. The van der Waals surface area contributed by atoms with Gasteiger partial charge < -0.3 is 5.11 Å². The monoisotopic (exact) mass is 248 g/mol. The van der Waals surface area contributed by atoms with E-state index < -0.39 is 0 Å². The fourth-order valence-corrected chi connectivity index (χ4v) is 2.68. The fourth-order valence-electron chi connectivity index (χ4n) is 1.08. The van der Waals surface area contributed by atoms with E-state index in [4.69, 9.17) is 5.11 Å². The average Bonchev–Trinajstić information content (AvgIpc) is 2.47. The zero-order valence-electron chi connectivity index (χ0n) is 7.09. The van der Waals surface area contributed by atoms with E-state index in [9.17, 15) is 0 Å². The van der Waals surface area contributed by atoms with E-state index in [2.05, 4.69) is 35.0 Å². The molecular weight excluding hydrogens is 236 g/mol. The molecule has 0 amide bonds. The zero-order valence-corrected chi connectivity index (χ0v) is 9.49. The van der Waals surface area contributed by atoms with Gasteiger partial charge in [0.15, 0.2) is 0 Å². The van der Waals surface area contributed by atoms with Gasteiger partial charge >= 0.3 is 0 Å². The van der Waals surface area contributed by atoms with Crippen molar-refractivity contribution in [2.24, 2.45) is 5.92 Å².